The Hall–Kier alpha value is -3.48. The Balaban J connectivity index is 1.78. The smallest absolute Gasteiger partial charge is 0.387 e. The molecule has 0 N–H and O–H groups in total. The normalized spacial score (nSPS) is 11.3. The molecule has 0 unspecified atom stereocenters. The number of carbonyl (C=O) groups excluding carboxylic acids is 1. The number of hydrogen-bond donors (Lipinski definition) is 0. The quantitative estimate of drug-likeness (QED) is 0.269. The largest absolute Gasteiger partial charge is 0.434 e. The van der Waals surface area contributed by atoms with Crippen molar-refractivity contribution >= 4 is 23.0 Å². The third-order valence-electron chi connectivity index (χ3n) is 3.94. The first-order chi connectivity index (χ1) is 13.5. The van der Waals surface area contributed by atoms with Crippen LogP contribution < -0.4 is 15.1 Å². The van der Waals surface area contributed by atoms with Gasteiger partial charge in [0.2, 0.25) is 0 Å². The molecular formula is C21H16F2O5. The number of rotatable bonds is 6. The summed E-state index contributed by atoms with van der Waals surface area (Å²) in [4.78, 5) is 23.7. The van der Waals surface area contributed by atoms with Crippen LogP contribution in [-0.4, -0.2) is 12.6 Å². The fourth-order valence-corrected chi connectivity index (χ4v) is 2.70. The summed E-state index contributed by atoms with van der Waals surface area (Å²) in [7, 11) is 0. The number of esters is 1. The highest BCUT2D eigenvalue weighted by atomic mass is 19.3. The average Bonchev–Trinajstić information content (AvgIpc) is 2.66. The lowest BCUT2D eigenvalue weighted by molar-refractivity contribution is -0.128. The van der Waals surface area contributed by atoms with E-state index in [0.717, 1.165) is 17.0 Å². The maximum absolute atomic E-state index is 12.4. The van der Waals surface area contributed by atoms with Gasteiger partial charge in [0.15, 0.2) is 0 Å². The molecule has 1 aromatic heterocycles. The fraction of sp³-hybridized carbons (Fsp3) is 0.143. The maximum atomic E-state index is 12.4. The zero-order valence-electron chi connectivity index (χ0n) is 14.9. The van der Waals surface area contributed by atoms with Crippen molar-refractivity contribution < 1.29 is 27.5 Å². The molecule has 0 bridgehead atoms. The van der Waals surface area contributed by atoms with Gasteiger partial charge in [-0.25, -0.2) is 9.59 Å². The monoisotopic (exact) mass is 386 g/mol. The van der Waals surface area contributed by atoms with E-state index in [1.807, 2.05) is 6.92 Å². The molecule has 0 aliphatic rings. The summed E-state index contributed by atoms with van der Waals surface area (Å²) in [5.74, 6) is -0.586. The van der Waals surface area contributed by atoms with Crippen LogP contribution in [-0.2, 0) is 11.2 Å². The van der Waals surface area contributed by atoms with Gasteiger partial charge < -0.3 is 13.9 Å². The topological polar surface area (TPSA) is 65.7 Å². The van der Waals surface area contributed by atoms with E-state index in [2.05, 4.69) is 4.74 Å². The lowest BCUT2D eigenvalue weighted by Gasteiger charge is -2.07. The second-order valence-electron chi connectivity index (χ2n) is 5.77. The maximum Gasteiger partial charge on any atom is 0.387 e. The number of carbonyl (C=O) groups is 1. The van der Waals surface area contributed by atoms with Crippen molar-refractivity contribution in [1.82, 2.24) is 0 Å². The van der Waals surface area contributed by atoms with E-state index < -0.39 is 18.2 Å². The van der Waals surface area contributed by atoms with Crippen LogP contribution >= 0.6 is 0 Å². The predicted octanol–water partition coefficient (Wildman–Crippen LogP) is 4.58. The minimum Gasteiger partial charge on any atom is -0.434 e. The molecule has 0 aliphatic heterocycles. The molecule has 7 heteroatoms. The molecular weight excluding hydrogens is 370 g/mol. The van der Waals surface area contributed by atoms with Gasteiger partial charge in [-0.15, -0.1) is 0 Å². The SMILES string of the molecule is CCc1cc(=O)oc2cc(OC(=O)/C=C/c3ccccc3OC(F)F)ccc12. The van der Waals surface area contributed by atoms with E-state index in [9.17, 15) is 18.4 Å². The number of benzene rings is 2. The molecule has 5 nitrogen and oxygen atoms in total. The number of ether oxygens (including phenoxy) is 2. The number of fused-ring (bicyclic) bond motifs is 1. The Bertz CT molecular complexity index is 1090. The van der Waals surface area contributed by atoms with Crippen molar-refractivity contribution in [3.8, 4) is 11.5 Å². The summed E-state index contributed by atoms with van der Waals surface area (Å²) in [5.41, 5.74) is 0.967. The number of hydrogen-bond acceptors (Lipinski definition) is 5. The van der Waals surface area contributed by atoms with E-state index in [1.165, 1.54) is 30.3 Å². The highest BCUT2D eigenvalue weighted by Crippen LogP contribution is 2.24. The van der Waals surface area contributed by atoms with Crippen LogP contribution in [0.1, 0.15) is 18.1 Å². The first-order valence-electron chi connectivity index (χ1n) is 8.47. The van der Waals surface area contributed by atoms with E-state index in [0.29, 0.717) is 17.6 Å². The Morgan fingerprint density at radius 1 is 1.18 bits per heavy atom. The van der Waals surface area contributed by atoms with Gasteiger partial charge in [-0.1, -0.05) is 25.1 Å². The van der Waals surface area contributed by atoms with Crippen molar-refractivity contribution in [3.63, 3.8) is 0 Å². The first kappa shape index (κ1) is 19.3. The Morgan fingerprint density at radius 2 is 1.96 bits per heavy atom. The van der Waals surface area contributed by atoms with E-state index >= 15 is 0 Å². The van der Waals surface area contributed by atoms with Gasteiger partial charge in [0, 0.05) is 29.2 Å². The van der Waals surface area contributed by atoms with Crippen molar-refractivity contribution in [2.45, 2.75) is 20.0 Å². The van der Waals surface area contributed by atoms with Gasteiger partial charge in [0.25, 0.3) is 0 Å². The molecule has 0 aliphatic carbocycles. The highest BCUT2D eigenvalue weighted by molar-refractivity contribution is 5.90. The van der Waals surface area contributed by atoms with Gasteiger partial charge in [-0.05, 0) is 36.3 Å². The van der Waals surface area contributed by atoms with E-state index in [4.69, 9.17) is 9.15 Å². The van der Waals surface area contributed by atoms with Gasteiger partial charge in [0.05, 0.1) is 0 Å². The number of alkyl halides is 2. The van der Waals surface area contributed by atoms with Gasteiger partial charge in [-0.2, -0.15) is 8.78 Å². The molecule has 0 radical (unpaired) electrons. The average molecular weight is 386 g/mol. The summed E-state index contributed by atoms with van der Waals surface area (Å²) < 4.78 is 39.6. The summed E-state index contributed by atoms with van der Waals surface area (Å²) in [6.45, 7) is -1.05. The minimum absolute atomic E-state index is 0.0545. The lowest BCUT2D eigenvalue weighted by Crippen LogP contribution is -2.05. The predicted molar refractivity (Wildman–Crippen MR) is 99.6 cm³/mol. The molecule has 0 fully saturated rings. The van der Waals surface area contributed by atoms with Crippen molar-refractivity contribution in [2.24, 2.45) is 0 Å². The molecule has 28 heavy (non-hydrogen) atoms. The van der Waals surface area contributed by atoms with Crippen LogP contribution in [0.4, 0.5) is 8.78 Å². The second-order valence-corrected chi connectivity index (χ2v) is 5.77. The summed E-state index contributed by atoms with van der Waals surface area (Å²) in [6.07, 6.45) is 3.07. The molecule has 0 spiro atoms. The Morgan fingerprint density at radius 3 is 2.71 bits per heavy atom. The van der Waals surface area contributed by atoms with Gasteiger partial charge in [0.1, 0.15) is 17.1 Å². The van der Waals surface area contributed by atoms with Crippen LogP contribution in [0.3, 0.4) is 0 Å². The highest BCUT2D eigenvalue weighted by Gasteiger charge is 2.09. The molecule has 144 valence electrons. The van der Waals surface area contributed by atoms with Gasteiger partial charge in [-0.3, -0.25) is 0 Å². The molecule has 2 aromatic carbocycles. The van der Waals surface area contributed by atoms with Crippen molar-refractivity contribution in [3.05, 3.63) is 76.2 Å². The number of aryl methyl sites for hydroxylation is 1. The van der Waals surface area contributed by atoms with Gasteiger partial charge >= 0.3 is 18.2 Å². The van der Waals surface area contributed by atoms with Crippen LogP contribution in [0.2, 0.25) is 0 Å². The van der Waals surface area contributed by atoms with Crippen LogP contribution in [0.15, 0.2) is 63.8 Å². The second kappa shape index (κ2) is 8.47. The molecule has 1 heterocycles. The summed E-state index contributed by atoms with van der Waals surface area (Å²) in [5, 5.41) is 0.760. The van der Waals surface area contributed by atoms with Crippen molar-refractivity contribution in [1.29, 1.82) is 0 Å². The standard InChI is InChI=1S/C21H16F2O5/c1-2-13-11-20(25)27-18-12-15(8-9-16(13)18)26-19(24)10-7-14-5-3-4-6-17(14)28-21(22)23/h3-12,21H,2H2,1H3/b10-7+. The van der Waals surface area contributed by atoms with E-state index in [-0.39, 0.29) is 11.5 Å². The zero-order valence-corrected chi connectivity index (χ0v) is 14.9. The zero-order chi connectivity index (χ0) is 20.1. The fourth-order valence-electron chi connectivity index (χ4n) is 2.70. The summed E-state index contributed by atoms with van der Waals surface area (Å²) in [6, 6.07) is 12.2. The van der Waals surface area contributed by atoms with Crippen LogP contribution in [0.25, 0.3) is 17.0 Å². The summed E-state index contributed by atoms with van der Waals surface area (Å²) >= 11 is 0. The third-order valence-corrected chi connectivity index (χ3v) is 3.94. The lowest BCUT2D eigenvalue weighted by atomic mass is 10.1. The minimum atomic E-state index is -2.97. The van der Waals surface area contributed by atoms with Crippen LogP contribution in [0.5, 0.6) is 11.5 Å². The molecule has 3 aromatic rings. The molecule has 0 atom stereocenters. The van der Waals surface area contributed by atoms with Crippen LogP contribution in [0, 0.1) is 0 Å². The first-order valence-corrected chi connectivity index (χ1v) is 8.47. The molecule has 0 saturated carbocycles. The number of halogens is 2. The van der Waals surface area contributed by atoms with E-state index in [1.54, 1.807) is 24.3 Å². The van der Waals surface area contributed by atoms with Crippen molar-refractivity contribution in [2.75, 3.05) is 0 Å². The Kier molecular flexibility index (Phi) is 5.84. The molecule has 0 saturated heterocycles. The molecule has 0 amide bonds. The third kappa shape index (κ3) is 4.62. The number of para-hydroxylation sites is 1. The Labute approximate surface area is 158 Å². The molecule has 3 rings (SSSR count).